The smallest absolute Gasteiger partial charge is 0.0497 e. The van der Waals surface area contributed by atoms with Crippen LogP contribution in [-0.4, -0.2) is 8.80 Å². The molecule has 0 aliphatic rings. The third kappa shape index (κ3) is 2.21. The first-order chi connectivity index (χ1) is 5.75. The summed E-state index contributed by atoms with van der Waals surface area (Å²) < 4.78 is 0. The topological polar surface area (TPSA) is 0 Å². The summed E-state index contributed by atoms with van der Waals surface area (Å²) >= 11 is 0. The molecule has 65 valence electrons. The van der Waals surface area contributed by atoms with Crippen LogP contribution in [0.5, 0.6) is 0 Å². The van der Waals surface area contributed by atoms with Gasteiger partial charge >= 0.3 is 0 Å². The van der Waals surface area contributed by atoms with Crippen molar-refractivity contribution in [3.8, 4) is 0 Å². The highest BCUT2D eigenvalue weighted by Crippen LogP contribution is 2.21. The summed E-state index contributed by atoms with van der Waals surface area (Å²) in [5.74, 6) is 0. The second kappa shape index (κ2) is 4.46. The molecule has 0 nitrogen and oxygen atoms in total. The molecule has 1 aromatic carbocycles. The predicted octanol–water partition coefficient (Wildman–Crippen LogP) is 3.47. The van der Waals surface area contributed by atoms with Crippen LogP contribution in [0, 0.1) is 0 Å². The maximum Gasteiger partial charge on any atom is 0.0497 e. The normalized spacial score (nSPS) is 13.3. The second-order valence-electron chi connectivity index (χ2n) is 3.45. The Hall–Kier alpha value is -0.563. The lowest BCUT2D eigenvalue weighted by Crippen LogP contribution is -2.14. The van der Waals surface area contributed by atoms with Gasteiger partial charge in [0, 0.05) is 8.80 Å². The minimum absolute atomic E-state index is 0.176. The molecular weight excluding hydrogens is 160 g/mol. The van der Waals surface area contributed by atoms with Crippen LogP contribution in [-0.2, 0) is 0 Å². The van der Waals surface area contributed by atoms with Crippen molar-refractivity contribution in [3.63, 3.8) is 0 Å². The molecule has 0 aliphatic carbocycles. The van der Waals surface area contributed by atoms with Crippen molar-refractivity contribution >= 4 is 8.80 Å². The van der Waals surface area contributed by atoms with E-state index in [1.54, 1.807) is 0 Å². The zero-order valence-corrected chi connectivity index (χ0v) is 9.17. The second-order valence-corrected chi connectivity index (χ2v) is 6.30. The molecule has 0 amide bonds. The zero-order valence-electron chi connectivity index (χ0n) is 8.17. The zero-order chi connectivity index (χ0) is 8.97. The van der Waals surface area contributed by atoms with E-state index in [0.29, 0.717) is 0 Å². The largest absolute Gasteiger partial charge is 0.0708 e. The molecular formula is C11H17Si. The Kier molecular flexibility index (Phi) is 3.54. The average Bonchev–Trinajstić information content (AvgIpc) is 2.07. The van der Waals surface area contributed by atoms with Gasteiger partial charge in [-0.25, -0.2) is 0 Å². The summed E-state index contributed by atoms with van der Waals surface area (Å²) in [5.41, 5.74) is 2.36. The van der Waals surface area contributed by atoms with Crippen LogP contribution in [0.15, 0.2) is 30.3 Å². The molecule has 0 saturated carbocycles. The Morgan fingerprint density at radius 1 is 1.17 bits per heavy atom. The highest BCUT2D eigenvalue weighted by atomic mass is 28.3. The Morgan fingerprint density at radius 3 is 2.17 bits per heavy atom. The van der Waals surface area contributed by atoms with Crippen LogP contribution in [0.25, 0.3) is 0 Å². The van der Waals surface area contributed by atoms with Crippen molar-refractivity contribution in [2.75, 3.05) is 0 Å². The number of hydrogen-bond acceptors (Lipinski definition) is 0. The van der Waals surface area contributed by atoms with Crippen molar-refractivity contribution in [2.45, 2.75) is 32.0 Å². The maximum atomic E-state index is 2.39. The van der Waals surface area contributed by atoms with Gasteiger partial charge in [0.15, 0.2) is 0 Å². The maximum absolute atomic E-state index is 2.39. The Balaban J connectivity index is 2.80. The van der Waals surface area contributed by atoms with E-state index in [4.69, 9.17) is 0 Å². The lowest BCUT2D eigenvalue weighted by molar-refractivity contribution is 0.861. The van der Waals surface area contributed by atoms with E-state index in [-0.39, 0.29) is 8.80 Å². The van der Waals surface area contributed by atoms with E-state index >= 15 is 0 Å². The molecule has 0 spiro atoms. The highest BCUT2D eigenvalue weighted by molar-refractivity contribution is 6.57. The molecule has 0 saturated heterocycles. The molecule has 0 heterocycles. The minimum Gasteiger partial charge on any atom is -0.0708 e. The minimum atomic E-state index is -0.176. The Bertz CT molecular complexity index is 216. The average molecular weight is 177 g/mol. The summed E-state index contributed by atoms with van der Waals surface area (Å²) in [5, 5.41) is 0. The van der Waals surface area contributed by atoms with E-state index in [1.165, 1.54) is 12.0 Å². The van der Waals surface area contributed by atoms with Crippen molar-refractivity contribution in [3.05, 3.63) is 35.9 Å². The van der Waals surface area contributed by atoms with E-state index in [9.17, 15) is 0 Å². The van der Waals surface area contributed by atoms with Gasteiger partial charge in [0.2, 0.25) is 0 Å². The molecule has 1 heteroatoms. The van der Waals surface area contributed by atoms with Crippen molar-refractivity contribution in [1.82, 2.24) is 0 Å². The molecule has 0 fully saturated rings. The number of benzene rings is 1. The number of hydrogen-bond donors (Lipinski definition) is 0. The molecule has 1 rings (SSSR count). The van der Waals surface area contributed by atoms with Gasteiger partial charge in [-0.1, -0.05) is 56.8 Å². The van der Waals surface area contributed by atoms with Gasteiger partial charge in [0.25, 0.3) is 0 Å². The van der Waals surface area contributed by atoms with Crippen LogP contribution in [0.1, 0.15) is 24.4 Å². The van der Waals surface area contributed by atoms with Crippen LogP contribution in [0.2, 0.25) is 13.1 Å². The van der Waals surface area contributed by atoms with Crippen molar-refractivity contribution in [1.29, 1.82) is 0 Å². The fraction of sp³-hybridized carbons (Fsp3) is 0.455. The quantitative estimate of drug-likeness (QED) is 0.620. The van der Waals surface area contributed by atoms with Crippen LogP contribution in [0.3, 0.4) is 0 Å². The molecule has 12 heavy (non-hydrogen) atoms. The summed E-state index contributed by atoms with van der Waals surface area (Å²) in [4.78, 5) is 0. The fourth-order valence-corrected chi connectivity index (χ4v) is 3.34. The van der Waals surface area contributed by atoms with Crippen LogP contribution in [0.4, 0.5) is 0 Å². The van der Waals surface area contributed by atoms with Gasteiger partial charge in [0.1, 0.15) is 0 Å². The first kappa shape index (κ1) is 9.52. The van der Waals surface area contributed by atoms with Crippen LogP contribution >= 0.6 is 0 Å². The van der Waals surface area contributed by atoms with Crippen LogP contribution < -0.4 is 0 Å². The summed E-state index contributed by atoms with van der Waals surface area (Å²) in [6.07, 6.45) is 1.28. The molecule has 0 bridgehead atoms. The standard InChI is InChI=1S/C11H17Si/c1-4-11(12(2)3)10-8-6-5-7-9-10/h5-9,11H,4H2,1-3H3. The molecule has 1 aromatic rings. The molecule has 0 N–H and O–H groups in total. The molecule has 1 unspecified atom stereocenters. The molecule has 0 aromatic heterocycles. The van der Waals surface area contributed by atoms with E-state index in [0.717, 1.165) is 5.54 Å². The van der Waals surface area contributed by atoms with Gasteiger partial charge in [-0.2, -0.15) is 0 Å². The highest BCUT2D eigenvalue weighted by Gasteiger charge is 2.13. The van der Waals surface area contributed by atoms with Crippen molar-refractivity contribution < 1.29 is 0 Å². The SMILES string of the molecule is CCC(c1ccccc1)[Si](C)C. The van der Waals surface area contributed by atoms with Crippen molar-refractivity contribution in [2.24, 2.45) is 0 Å². The molecule has 0 aliphatic heterocycles. The lowest BCUT2D eigenvalue weighted by atomic mass is 10.1. The Labute approximate surface area is 77.2 Å². The summed E-state index contributed by atoms with van der Waals surface area (Å²) in [7, 11) is -0.176. The third-order valence-electron chi connectivity index (χ3n) is 2.31. The first-order valence-corrected chi connectivity index (χ1v) is 7.18. The van der Waals surface area contributed by atoms with Gasteiger partial charge < -0.3 is 0 Å². The Morgan fingerprint density at radius 2 is 1.75 bits per heavy atom. The lowest BCUT2D eigenvalue weighted by Gasteiger charge is -2.17. The van der Waals surface area contributed by atoms with Gasteiger partial charge in [-0.15, -0.1) is 0 Å². The fourth-order valence-electron chi connectivity index (χ4n) is 1.66. The van der Waals surface area contributed by atoms with Gasteiger partial charge in [0.05, 0.1) is 0 Å². The summed E-state index contributed by atoms with van der Waals surface area (Å²) in [6, 6.07) is 10.9. The first-order valence-electron chi connectivity index (χ1n) is 4.60. The summed E-state index contributed by atoms with van der Waals surface area (Å²) in [6.45, 7) is 7.08. The van der Waals surface area contributed by atoms with E-state index < -0.39 is 0 Å². The van der Waals surface area contributed by atoms with Gasteiger partial charge in [-0.3, -0.25) is 0 Å². The predicted molar refractivity (Wildman–Crippen MR) is 57.0 cm³/mol. The molecule has 1 radical (unpaired) electrons. The number of rotatable bonds is 3. The van der Waals surface area contributed by atoms with Gasteiger partial charge in [-0.05, 0) is 11.1 Å². The van der Waals surface area contributed by atoms with E-state index in [2.05, 4.69) is 50.3 Å². The monoisotopic (exact) mass is 177 g/mol. The molecule has 1 atom stereocenters. The third-order valence-corrected chi connectivity index (χ3v) is 4.44. The van der Waals surface area contributed by atoms with E-state index in [1.807, 2.05) is 0 Å².